The van der Waals surface area contributed by atoms with Crippen LogP contribution in [0, 0.1) is 0 Å². The van der Waals surface area contributed by atoms with E-state index in [1.54, 1.807) is 14.1 Å². The van der Waals surface area contributed by atoms with E-state index in [9.17, 15) is 8.76 Å². The summed E-state index contributed by atoms with van der Waals surface area (Å²) in [5.74, 6) is 0. The van der Waals surface area contributed by atoms with Gasteiger partial charge in [-0.1, -0.05) is 12.2 Å². The summed E-state index contributed by atoms with van der Waals surface area (Å²) in [6, 6.07) is 0. The van der Waals surface area contributed by atoms with Crippen LogP contribution in [0.4, 0.5) is 0 Å². The molecule has 0 amide bonds. The largest absolute Gasteiger partial charge is 0.767 e. The molecule has 8 heavy (non-hydrogen) atoms. The molecular weight excluding hydrogens is 146 g/mol. The summed E-state index contributed by atoms with van der Waals surface area (Å²) in [6.45, 7) is 0. The van der Waals surface area contributed by atoms with E-state index in [1.165, 1.54) is 4.90 Å². The lowest BCUT2D eigenvalue weighted by Gasteiger charge is -2.14. The van der Waals surface area contributed by atoms with Crippen molar-refractivity contribution >= 4 is 27.6 Å². The molecule has 0 aromatic rings. The number of hydrogen-bond donors (Lipinski definition) is 0. The Morgan fingerprint density at radius 1 is 1.75 bits per heavy atom. The van der Waals surface area contributed by atoms with Crippen molar-refractivity contribution in [3.63, 3.8) is 0 Å². The monoisotopic (exact) mass is 152 g/mol. The minimum atomic E-state index is -2.23. The number of nitrogens with zero attached hydrogens (tertiary/aromatic N) is 1. The molecule has 0 saturated carbocycles. The normalized spacial score (nSPS) is 12.9. The fraction of sp³-hybridized carbons (Fsp3) is 0.667. The molecule has 0 aliphatic carbocycles. The quantitative estimate of drug-likeness (QED) is 0.353. The average Bonchev–Trinajstić information content (AvgIpc) is 1.64. The molecule has 0 aromatic carbocycles. The zero-order valence-electron chi connectivity index (χ0n) is 4.58. The van der Waals surface area contributed by atoms with Gasteiger partial charge in [0.2, 0.25) is 0 Å². The Hall–Kier alpha value is -0.0000000000000000486. The SMILES string of the molecule is CN(C)C(=S)S(=O)[O-]. The summed E-state index contributed by atoms with van der Waals surface area (Å²) in [5.41, 5.74) is 0. The fourth-order valence-electron chi connectivity index (χ4n) is 0.149. The van der Waals surface area contributed by atoms with Crippen molar-refractivity contribution in [1.29, 1.82) is 0 Å². The van der Waals surface area contributed by atoms with Gasteiger partial charge in [-0.3, -0.25) is 4.21 Å². The van der Waals surface area contributed by atoms with E-state index in [0.717, 1.165) is 0 Å². The van der Waals surface area contributed by atoms with Crippen LogP contribution >= 0.6 is 12.2 Å². The van der Waals surface area contributed by atoms with Gasteiger partial charge in [-0.05, 0) is 0 Å². The first-order valence-electron chi connectivity index (χ1n) is 1.86. The Labute approximate surface area is 56.0 Å². The molecule has 0 N–H and O–H groups in total. The first-order valence-corrected chi connectivity index (χ1v) is 3.34. The smallest absolute Gasteiger partial charge is 0.152 e. The van der Waals surface area contributed by atoms with E-state index in [4.69, 9.17) is 0 Å². The molecule has 0 saturated heterocycles. The lowest BCUT2D eigenvalue weighted by molar-refractivity contribution is 0.540. The zero-order chi connectivity index (χ0) is 6.73. The first kappa shape index (κ1) is 8.00. The predicted molar refractivity (Wildman–Crippen MR) is 35.2 cm³/mol. The summed E-state index contributed by atoms with van der Waals surface area (Å²) in [7, 11) is 3.16. The third-order valence-corrected chi connectivity index (χ3v) is 1.93. The van der Waals surface area contributed by atoms with Crippen molar-refractivity contribution in [2.45, 2.75) is 0 Å². The van der Waals surface area contributed by atoms with Gasteiger partial charge in [0, 0.05) is 25.2 Å². The van der Waals surface area contributed by atoms with Crippen molar-refractivity contribution in [2.24, 2.45) is 0 Å². The number of hydrogen-bond acceptors (Lipinski definition) is 3. The van der Waals surface area contributed by atoms with E-state index in [0.29, 0.717) is 0 Å². The van der Waals surface area contributed by atoms with Crippen LogP contribution in [-0.4, -0.2) is 32.1 Å². The van der Waals surface area contributed by atoms with E-state index < -0.39 is 11.1 Å². The highest BCUT2D eigenvalue weighted by molar-refractivity contribution is 8.09. The van der Waals surface area contributed by atoms with Gasteiger partial charge < -0.3 is 9.45 Å². The molecule has 0 fully saturated rings. The Morgan fingerprint density at radius 3 is 2.12 bits per heavy atom. The summed E-state index contributed by atoms with van der Waals surface area (Å²) in [4.78, 5) is 1.36. The molecule has 0 rings (SSSR count). The number of thiocarbonyl (C=S) groups is 1. The maximum atomic E-state index is 9.96. The van der Waals surface area contributed by atoms with Crippen LogP contribution in [0.5, 0.6) is 0 Å². The van der Waals surface area contributed by atoms with Gasteiger partial charge in [0.15, 0.2) is 4.32 Å². The minimum Gasteiger partial charge on any atom is -0.767 e. The molecule has 3 nitrogen and oxygen atoms in total. The second-order valence-corrected chi connectivity index (χ2v) is 2.90. The molecule has 0 radical (unpaired) electrons. The van der Waals surface area contributed by atoms with Crippen molar-refractivity contribution in [3.05, 3.63) is 0 Å². The van der Waals surface area contributed by atoms with Crippen LogP contribution in [0.2, 0.25) is 0 Å². The fourth-order valence-corrected chi connectivity index (χ4v) is 0.447. The van der Waals surface area contributed by atoms with Gasteiger partial charge in [0.25, 0.3) is 0 Å². The molecule has 5 heteroatoms. The Bertz CT molecular complexity index is 122. The maximum absolute atomic E-state index is 9.96. The highest BCUT2D eigenvalue weighted by Crippen LogP contribution is 1.85. The molecule has 48 valence electrons. The van der Waals surface area contributed by atoms with E-state index >= 15 is 0 Å². The van der Waals surface area contributed by atoms with Crippen LogP contribution < -0.4 is 0 Å². The van der Waals surface area contributed by atoms with Gasteiger partial charge in [-0.2, -0.15) is 0 Å². The van der Waals surface area contributed by atoms with Gasteiger partial charge in [0.1, 0.15) is 0 Å². The van der Waals surface area contributed by atoms with E-state index in [-0.39, 0.29) is 4.32 Å². The lowest BCUT2D eigenvalue weighted by Crippen LogP contribution is -2.23. The Morgan fingerprint density at radius 2 is 2.12 bits per heavy atom. The molecule has 0 aliphatic heterocycles. The van der Waals surface area contributed by atoms with Crippen LogP contribution in [0.25, 0.3) is 0 Å². The third-order valence-electron chi connectivity index (χ3n) is 0.508. The zero-order valence-corrected chi connectivity index (χ0v) is 6.21. The van der Waals surface area contributed by atoms with Crippen molar-refractivity contribution in [1.82, 2.24) is 4.90 Å². The van der Waals surface area contributed by atoms with E-state index in [2.05, 4.69) is 12.2 Å². The lowest BCUT2D eigenvalue weighted by atomic mass is 11.0. The van der Waals surface area contributed by atoms with Crippen LogP contribution in [0.15, 0.2) is 0 Å². The first-order chi connectivity index (χ1) is 3.55. The van der Waals surface area contributed by atoms with Crippen LogP contribution in [0.1, 0.15) is 0 Å². The van der Waals surface area contributed by atoms with Gasteiger partial charge >= 0.3 is 0 Å². The molecule has 0 aromatic heterocycles. The third kappa shape index (κ3) is 2.34. The van der Waals surface area contributed by atoms with E-state index in [1.807, 2.05) is 0 Å². The second-order valence-electron chi connectivity index (χ2n) is 1.40. The van der Waals surface area contributed by atoms with Crippen molar-refractivity contribution < 1.29 is 8.76 Å². The van der Waals surface area contributed by atoms with Crippen LogP contribution in [-0.2, 0) is 11.1 Å². The molecule has 0 bridgehead atoms. The molecule has 0 spiro atoms. The number of rotatable bonds is 0. The van der Waals surface area contributed by atoms with Crippen molar-refractivity contribution in [2.75, 3.05) is 14.1 Å². The van der Waals surface area contributed by atoms with Gasteiger partial charge in [-0.25, -0.2) is 0 Å². The summed E-state index contributed by atoms with van der Waals surface area (Å²) >= 11 is 2.18. The molecule has 1 unspecified atom stereocenters. The van der Waals surface area contributed by atoms with Crippen LogP contribution in [0.3, 0.4) is 0 Å². The van der Waals surface area contributed by atoms with Crippen molar-refractivity contribution in [3.8, 4) is 0 Å². The second kappa shape index (κ2) is 3.11. The molecule has 0 heterocycles. The summed E-state index contributed by atoms with van der Waals surface area (Å²) in [6.07, 6.45) is 0. The van der Waals surface area contributed by atoms with Gasteiger partial charge in [0.05, 0.1) is 0 Å². The highest BCUT2D eigenvalue weighted by atomic mass is 32.2. The van der Waals surface area contributed by atoms with Gasteiger partial charge in [-0.15, -0.1) is 0 Å². The predicted octanol–water partition coefficient (Wildman–Crippen LogP) is -0.288. The standard InChI is InChI=1S/C3H7NO2S2/c1-4(2)3(7)8(5)6/h1-2H3,(H,5,6)/p-1. The topological polar surface area (TPSA) is 43.4 Å². The summed E-state index contributed by atoms with van der Waals surface area (Å²) < 4.78 is 19.9. The average molecular weight is 152 g/mol. The Balaban J connectivity index is 3.84. The minimum absolute atomic E-state index is 0.0648. The maximum Gasteiger partial charge on any atom is 0.152 e. The highest BCUT2D eigenvalue weighted by Gasteiger charge is 1.94. The molecule has 0 aliphatic rings. The molecule has 1 atom stereocenters. The Kier molecular flexibility index (Phi) is 3.11. The summed E-state index contributed by atoms with van der Waals surface area (Å²) in [5, 5.41) is 0. The molecular formula is C3H6NO2S2-.